The van der Waals surface area contributed by atoms with Gasteiger partial charge in [-0.05, 0) is 6.42 Å². The molecule has 1 aromatic rings. The van der Waals surface area contributed by atoms with Crippen molar-refractivity contribution >= 4 is 11.4 Å². The first-order valence-electron chi connectivity index (χ1n) is 5.85. The topological polar surface area (TPSA) is 88.9 Å². The van der Waals surface area contributed by atoms with Crippen molar-refractivity contribution in [2.24, 2.45) is 0 Å². The molecule has 2 heterocycles. The molecule has 1 saturated heterocycles. The number of aliphatic hydroxyl groups excluding tert-OH is 1. The molecule has 0 bridgehead atoms. The summed E-state index contributed by atoms with van der Waals surface area (Å²) in [6.07, 6.45) is 0.280. The molecule has 112 valence electrons. The molecule has 0 aromatic carbocycles. The molecule has 2 rings (SSSR count). The first-order chi connectivity index (χ1) is 9.43. The molecular weight excluding hydrogens is 294 g/mol. The van der Waals surface area contributed by atoms with E-state index in [1.165, 1.54) is 22.5 Å². The van der Waals surface area contributed by atoms with E-state index in [0.29, 0.717) is 6.54 Å². The van der Waals surface area contributed by atoms with Gasteiger partial charge in [-0.3, -0.25) is 0 Å². The minimum absolute atomic E-state index is 0.0255. The molecule has 6 nitrogen and oxygen atoms in total. The number of alkyl halides is 2. The van der Waals surface area contributed by atoms with Gasteiger partial charge in [-0.1, -0.05) is 6.07 Å². The number of halogens is 2. The Kier molecular flexibility index (Phi) is 4.76. The third-order valence-electron chi connectivity index (χ3n) is 2.91. The number of β-amino-alcohol motifs (C(OH)–C–C–N with tert-alkyl or cyclic N) is 1. The van der Waals surface area contributed by atoms with Crippen LogP contribution in [0.5, 0.6) is 5.88 Å². The monoisotopic (exact) mass is 308 g/mol. The first kappa shape index (κ1) is 15.4. The maximum atomic E-state index is 12.2. The molecule has 2 N–H and O–H groups in total. The summed E-state index contributed by atoms with van der Waals surface area (Å²) in [6.45, 7) is -3.09. The van der Waals surface area contributed by atoms with E-state index >= 15 is 0 Å². The molecule has 1 aliphatic rings. The van der Waals surface area contributed by atoms with Crippen molar-refractivity contribution in [1.82, 2.24) is 9.29 Å². The van der Waals surface area contributed by atoms with Gasteiger partial charge >= 0.3 is 6.61 Å². The van der Waals surface area contributed by atoms with E-state index in [9.17, 15) is 18.4 Å². The van der Waals surface area contributed by atoms with Gasteiger partial charge in [0.25, 0.3) is 5.03 Å². The SMILES string of the molecule is [O-][S+](c1cccc(OC(F)F)n1)N1CCC(O)(CO)C1. The standard InChI is InChI=1S/C11H14F2N2O4S/c12-10(13)19-8-2-1-3-9(14-8)20(18)15-5-4-11(17,6-15)7-16/h1-3,10,16-17H,4-7H2. The summed E-state index contributed by atoms with van der Waals surface area (Å²) in [5, 5.41) is 19.0. The second-order valence-corrected chi connectivity index (χ2v) is 5.87. The van der Waals surface area contributed by atoms with Crippen LogP contribution in [0.25, 0.3) is 0 Å². The predicted molar refractivity (Wildman–Crippen MR) is 65.5 cm³/mol. The van der Waals surface area contributed by atoms with Crippen molar-refractivity contribution in [2.75, 3.05) is 19.7 Å². The Morgan fingerprint density at radius 3 is 2.90 bits per heavy atom. The number of aliphatic hydroxyl groups is 2. The maximum Gasteiger partial charge on any atom is 0.388 e. The number of nitrogens with zero attached hydrogens (tertiary/aromatic N) is 2. The van der Waals surface area contributed by atoms with Crippen LogP contribution in [-0.2, 0) is 11.4 Å². The van der Waals surface area contributed by atoms with Crippen LogP contribution < -0.4 is 4.74 Å². The molecule has 1 fully saturated rings. The molecule has 2 atom stereocenters. The highest BCUT2D eigenvalue weighted by molar-refractivity contribution is 7.89. The van der Waals surface area contributed by atoms with Gasteiger partial charge < -0.3 is 19.5 Å². The van der Waals surface area contributed by atoms with Crippen molar-refractivity contribution in [2.45, 2.75) is 23.7 Å². The molecule has 1 aliphatic heterocycles. The fourth-order valence-corrected chi connectivity index (χ4v) is 3.11. The molecule has 0 aliphatic carbocycles. The Labute approximate surface area is 117 Å². The molecule has 0 spiro atoms. The third kappa shape index (κ3) is 3.55. The van der Waals surface area contributed by atoms with Crippen LogP contribution in [0.3, 0.4) is 0 Å². The second kappa shape index (κ2) is 6.19. The van der Waals surface area contributed by atoms with E-state index in [-0.39, 0.29) is 23.9 Å². The van der Waals surface area contributed by atoms with Gasteiger partial charge in [0.15, 0.2) is 0 Å². The highest BCUT2D eigenvalue weighted by Crippen LogP contribution is 2.27. The molecule has 1 aromatic heterocycles. The zero-order chi connectivity index (χ0) is 14.8. The fourth-order valence-electron chi connectivity index (χ4n) is 1.87. The second-order valence-electron chi connectivity index (χ2n) is 4.44. The number of hydrogen-bond donors (Lipinski definition) is 2. The highest BCUT2D eigenvalue weighted by atomic mass is 32.2. The van der Waals surface area contributed by atoms with E-state index in [1.54, 1.807) is 0 Å². The van der Waals surface area contributed by atoms with E-state index in [0.717, 1.165) is 0 Å². The fraction of sp³-hybridized carbons (Fsp3) is 0.545. The Morgan fingerprint density at radius 1 is 1.55 bits per heavy atom. The van der Waals surface area contributed by atoms with Gasteiger partial charge in [0.2, 0.25) is 5.88 Å². The average Bonchev–Trinajstić information content (AvgIpc) is 2.81. The van der Waals surface area contributed by atoms with Crippen molar-refractivity contribution in [3.05, 3.63) is 18.2 Å². The van der Waals surface area contributed by atoms with Gasteiger partial charge in [-0.15, -0.1) is 4.31 Å². The van der Waals surface area contributed by atoms with E-state index in [4.69, 9.17) is 5.11 Å². The van der Waals surface area contributed by atoms with Crippen LogP contribution in [0, 0.1) is 0 Å². The average molecular weight is 308 g/mol. The van der Waals surface area contributed by atoms with Gasteiger partial charge in [0.1, 0.15) is 17.0 Å². The molecule has 2 unspecified atom stereocenters. The highest BCUT2D eigenvalue weighted by Gasteiger charge is 2.42. The van der Waals surface area contributed by atoms with E-state index < -0.39 is 30.2 Å². The number of rotatable bonds is 5. The predicted octanol–water partition coefficient (Wildman–Crippen LogP) is 0.135. The van der Waals surface area contributed by atoms with Gasteiger partial charge in [-0.2, -0.15) is 13.8 Å². The lowest BCUT2D eigenvalue weighted by Crippen LogP contribution is -2.39. The summed E-state index contributed by atoms with van der Waals surface area (Å²) < 4.78 is 42.0. The van der Waals surface area contributed by atoms with Crippen LogP contribution in [0.4, 0.5) is 8.78 Å². The zero-order valence-electron chi connectivity index (χ0n) is 10.4. The van der Waals surface area contributed by atoms with Gasteiger partial charge in [0, 0.05) is 18.7 Å². The Morgan fingerprint density at radius 2 is 2.30 bits per heavy atom. The number of aromatic nitrogens is 1. The minimum atomic E-state index is -3.00. The summed E-state index contributed by atoms with van der Waals surface area (Å²) in [4.78, 5) is 3.74. The number of ether oxygens (including phenoxy) is 1. The van der Waals surface area contributed by atoms with E-state index in [1.807, 2.05) is 0 Å². The Balaban J connectivity index is 2.08. The van der Waals surface area contributed by atoms with Crippen molar-refractivity contribution in [3.8, 4) is 5.88 Å². The lowest BCUT2D eigenvalue weighted by molar-refractivity contribution is -0.0532. The first-order valence-corrected chi connectivity index (χ1v) is 6.96. The maximum absolute atomic E-state index is 12.2. The molecule has 0 saturated carbocycles. The number of hydrogen-bond acceptors (Lipinski definition) is 6. The number of pyridine rings is 1. The van der Waals surface area contributed by atoms with Crippen LogP contribution >= 0.6 is 0 Å². The van der Waals surface area contributed by atoms with Crippen LogP contribution in [0.15, 0.2) is 23.2 Å². The largest absolute Gasteiger partial charge is 0.592 e. The molecule has 9 heteroatoms. The third-order valence-corrected chi connectivity index (χ3v) is 4.28. The molecule has 20 heavy (non-hydrogen) atoms. The van der Waals surface area contributed by atoms with Crippen LogP contribution in [-0.4, -0.2) is 56.0 Å². The summed E-state index contributed by atoms with van der Waals surface area (Å²) in [5.74, 6) is -0.317. The normalized spacial score (nSPS) is 25.1. The summed E-state index contributed by atoms with van der Waals surface area (Å²) >= 11 is -1.71. The lowest BCUT2D eigenvalue weighted by Gasteiger charge is -2.21. The van der Waals surface area contributed by atoms with E-state index in [2.05, 4.69) is 9.72 Å². The lowest BCUT2D eigenvalue weighted by atomic mass is 10.1. The van der Waals surface area contributed by atoms with Crippen LogP contribution in [0.1, 0.15) is 6.42 Å². The zero-order valence-corrected chi connectivity index (χ0v) is 11.2. The van der Waals surface area contributed by atoms with Gasteiger partial charge in [-0.25, -0.2) is 0 Å². The van der Waals surface area contributed by atoms with Crippen molar-refractivity contribution in [1.29, 1.82) is 0 Å². The smallest absolute Gasteiger partial charge is 0.388 e. The molecule has 0 radical (unpaired) electrons. The van der Waals surface area contributed by atoms with Crippen molar-refractivity contribution < 1.29 is 28.3 Å². The molecule has 0 amide bonds. The van der Waals surface area contributed by atoms with Crippen molar-refractivity contribution in [3.63, 3.8) is 0 Å². The summed E-state index contributed by atoms with van der Waals surface area (Å²) in [7, 11) is 0. The minimum Gasteiger partial charge on any atom is -0.592 e. The van der Waals surface area contributed by atoms with Crippen LogP contribution in [0.2, 0.25) is 0 Å². The Hall–Kier alpha value is -1.00. The van der Waals surface area contributed by atoms with Gasteiger partial charge in [0.05, 0.1) is 13.2 Å². The summed E-state index contributed by atoms with van der Waals surface area (Å²) in [6, 6.07) is 4.07. The quantitative estimate of drug-likeness (QED) is 0.752. The Bertz CT molecular complexity index is 468. The summed E-state index contributed by atoms with van der Waals surface area (Å²) in [5.41, 5.74) is -1.28. The molecular formula is C11H14F2N2O4S.